The first-order valence-electron chi connectivity index (χ1n) is 4.90. The molecule has 0 atom stereocenters. The Labute approximate surface area is 103 Å². The minimum absolute atomic E-state index is 0.0188. The summed E-state index contributed by atoms with van der Waals surface area (Å²) in [6, 6.07) is 7.92. The van der Waals surface area contributed by atoms with Crippen molar-refractivity contribution < 1.29 is 4.79 Å². The number of carbonyl (C=O) groups is 1. The lowest BCUT2D eigenvalue weighted by molar-refractivity contribution is -0.110. The normalized spacial score (nSPS) is 17.8. The van der Waals surface area contributed by atoms with E-state index < -0.39 is 0 Å². The van der Waals surface area contributed by atoms with Crippen LogP contribution >= 0.6 is 15.9 Å². The molecule has 0 bridgehead atoms. The summed E-state index contributed by atoms with van der Waals surface area (Å²) < 4.78 is 0.723. The molecular formula is C13H10BrNO. The van der Waals surface area contributed by atoms with Gasteiger partial charge < -0.3 is 0 Å². The van der Waals surface area contributed by atoms with Gasteiger partial charge in [0.25, 0.3) is 0 Å². The quantitative estimate of drug-likeness (QED) is 0.722. The van der Waals surface area contributed by atoms with Gasteiger partial charge in [-0.2, -0.15) is 0 Å². The van der Waals surface area contributed by atoms with E-state index in [0.29, 0.717) is 0 Å². The highest BCUT2D eigenvalue weighted by Gasteiger charge is 2.08. The Kier molecular flexibility index (Phi) is 3.15. The maximum Gasteiger partial charge on any atom is 0.179 e. The van der Waals surface area contributed by atoms with E-state index in [9.17, 15) is 4.79 Å². The highest BCUT2D eigenvalue weighted by Crippen LogP contribution is 2.19. The molecule has 3 heteroatoms. The highest BCUT2D eigenvalue weighted by atomic mass is 79.9. The summed E-state index contributed by atoms with van der Waals surface area (Å²) in [5.41, 5.74) is 2.85. The largest absolute Gasteiger partial charge is 0.290 e. The van der Waals surface area contributed by atoms with Crippen LogP contribution in [0.15, 0.2) is 52.0 Å². The third-order valence-corrected chi connectivity index (χ3v) is 2.84. The summed E-state index contributed by atoms with van der Waals surface area (Å²) >= 11 is 3.33. The number of ketones is 1. The fraction of sp³-hybridized carbons (Fsp3) is 0.0769. The summed E-state index contributed by atoms with van der Waals surface area (Å²) in [6.07, 6.45) is 4.75. The Morgan fingerprint density at radius 2 is 1.81 bits per heavy atom. The molecule has 0 spiro atoms. The molecule has 0 unspecified atom stereocenters. The average molecular weight is 276 g/mol. The van der Waals surface area contributed by atoms with Crippen molar-refractivity contribution in [2.45, 2.75) is 6.92 Å². The number of carbonyl (C=O) groups excluding carboxylic acids is 1. The van der Waals surface area contributed by atoms with Gasteiger partial charge in [0.2, 0.25) is 0 Å². The smallest absolute Gasteiger partial charge is 0.179 e. The number of aryl methyl sites for hydroxylation is 1. The van der Waals surface area contributed by atoms with Gasteiger partial charge in [-0.1, -0.05) is 17.7 Å². The summed E-state index contributed by atoms with van der Waals surface area (Å²) in [7, 11) is 0. The maximum absolute atomic E-state index is 11.1. The molecule has 16 heavy (non-hydrogen) atoms. The Bertz CT molecular complexity index is 509. The van der Waals surface area contributed by atoms with Crippen LogP contribution in [0, 0.1) is 6.92 Å². The molecule has 1 aliphatic carbocycles. The van der Waals surface area contributed by atoms with Crippen molar-refractivity contribution in [1.29, 1.82) is 0 Å². The topological polar surface area (TPSA) is 29.4 Å². The molecule has 1 aromatic rings. The molecule has 0 heterocycles. The van der Waals surface area contributed by atoms with E-state index in [0.717, 1.165) is 15.9 Å². The second-order valence-electron chi connectivity index (χ2n) is 3.56. The van der Waals surface area contributed by atoms with Gasteiger partial charge in [-0.3, -0.25) is 4.79 Å². The standard InChI is InChI=1S/C13H10BrNO/c1-9-2-4-10(5-3-9)15-13-7-6-11(16)8-12(13)14/h2-8H,1H3. The summed E-state index contributed by atoms with van der Waals surface area (Å²) in [5, 5.41) is 0. The Balaban J connectivity index is 2.32. The van der Waals surface area contributed by atoms with Gasteiger partial charge in [-0.15, -0.1) is 0 Å². The van der Waals surface area contributed by atoms with Crippen molar-refractivity contribution >= 4 is 33.1 Å². The van der Waals surface area contributed by atoms with Gasteiger partial charge in [0.15, 0.2) is 5.78 Å². The van der Waals surface area contributed by atoms with Crippen molar-refractivity contribution in [3.05, 3.63) is 52.5 Å². The fourth-order valence-electron chi connectivity index (χ4n) is 1.34. The molecular weight excluding hydrogens is 266 g/mol. The lowest BCUT2D eigenvalue weighted by Crippen LogP contribution is -2.03. The van der Waals surface area contributed by atoms with Crippen LogP contribution in [0.1, 0.15) is 5.56 Å². The highest BCUT2D eigenvalue weighted by molar-refractivity contribution is 9.12. The molecule has 2 nitrogen and oxygen atoms in total. The van der Waals surface area contributed by atoms with Crippen LogP contribution in [0.3, 0.4) is 0 Å². The van der Waals surface area contributed by atoms with Crippen LogP contribution in [-0.4, -0.2) is 11.5 Å². The predicted octanol–water partition coefficient (Wildman–Crippen LogP) is 3.49. The molecule has 0 radical (unpaired) electrons. The first kappa shape index (κ1) is 11.0. The van der Waals surface area contributed by atoms with Gasteiger partial charge in [-0.25, -0.2) is 4.99 Å². The Morgan fingerprint density at radius 3 is 2.44 bits per heavy atom. The second-order valence-corrected chi connectivity index (χ2v) is 4.41. The molecule has 80 valence electrons. The predicted molar refractivity (Wildman–Crippen MR) is 69.4 cm³/mol. The first-order chi connectivity index (χ1) is 7.65. The summed E-state index contributed by atoms with van der Waals surface area (Å²) in [4.78, 5) is 15.5. The van der Waals surface area contributed by atoms with E-state index >= 15 is 0 Å². The Hall–Kier alpha value is -1.48. The minimum atomic E-state index is -0.0188. The van der Waals surface area contributed by atoms with Crippen LogP contribution in [0.25, 0.3) is 0 Å². The first-order valence-corrected chi connectivity index (χ1v) is 5.69. The number of benzene rings is 1. The SMILES string of the molecule is Cc1ccc(N=C2C=CC(=O)C=C2Br)cc1. The van der Waals surface area contributed by atoms with Gasteiger partial charge in [0.1, 0.15) is 0 Å². The van der Waals surface area contributed by atoms with Gasteiger partial charge >= 0.3 is 0 Å². The number of hydrogen-bond donors (Lipinski definition) is 0. The van der Waals surface area contributed by atoms with E-state index in [1.165, 1.54) is 17.7 Å². The molecule has 2 rings (SSSR count). The van der Waals surface area contributed by atoms with Crippen molar-refractivity contribution in [3.8, 4) is 0 Å². The number of allylic oxidation sites excluding steroid dienone is 4. The molecule has 0 saturated heterocycles. The van der Waals surface area contributed by atoms with E-state index in [4.69, 9.17) is 0 Å². The van der Waals surface area contributed by atoms with Crippen molar-refractivity contribution in [1.82, 2.24) is 0 Å². The van der Waals surface area contributed by atoms with Crippen LogP contribution in [0.2, 0.25) is 0 Å². The van der Waals surface area contributed by atoms with Crippen molar-refractivity contribution in [3.63, 3.8) is 0 Å². The van der Waals surface area contributed by atoms with E-state index in [1.54, 1.807) is 6.08 Å². The van der Waals surface area contributed by atoms with E-state index in [1.807, 2.05) is 31.2 Å². The molecule has 0 amide bonds. The van der Waals surface area contributed by atoms with Gasteiger partial charge in [0.05, 0.1) is 11.4 Å². The number of rotatable bonds is 1. The van der Waals surface area contributed by atoms with Gasteiger partial charge in [0, 0.05) is 10.6 Å². The molecule has 1 aromatic carbocycles. The number of halogens is 1. The molecule has 0 aromatic heterocycles. The number of nitrogens with zero attached hydrogens (tertiary/aromatic N) is 1. The third kappa shape index (κ3) is 2.55. The summed E-state index contributed by atoms with van der Waals surface area (Å²) in [5.74, 6) is -0.0188. The van der Waals surface area contributed by atoms with Crippen LogP contribution in [-0.2, 0) is 4.79 Å². The number of hydrogen-bond acceptors (Lipinski definition) is 2. The fourth-order valence-corrected chi connectivity index (χ4v) is 1.78. The zero-order chi connectivity index (χ0) is 11.5. The molecule has 0 N–H and O–H groups in total. The number of aliphatic imine (C=N–C) groups is 1. The lowest BCUT2D eigenvalue weighted by atomic mass is 10.1. The Morgan fingerprint density at radius 1 is 1.12 bits per heavy atom. The molecule has 1 aliphatic rings. The van der Waals surface area contributed by atoms with Crippen LogP contribution in [0.5, 0.6) is 0 Å². The molecule has 0 aliphatic heterocycles. The third-order valence-electron chi connectivity index (χ3n) is 2.20. The van der Waals surface area contributed by atoms with E-state index in [2.05, 4.69) is 20.9 Å². The van der Waals surface area contributed by atoms with Crippen LogP contribution < -0.4 is 0 Å². The summed E-state index contributed by atoms with van der Waals surface area (Å²) in [6.45, 7) is 2.03. The zero-order valence-corrected chi connectivity index (χ0v) is 10.4. The monoisotopic (exact) mass is 275 g/mol. The molecule has 0 saturated carbocycles. The molecule has 0 fully saturated rings. The minimum Gasteiger partial charge on any atom is -0.290 e. The second kappa shape index (κ2) is 4.58. The van der Waals surface area contributed by atoms with Gasteiger partial charge in [-0.05, 0) is 47.1 Å². The average Bonchev–Trinajstić information content (AvgIpc) is 2.25. The van der Waals surface area contributed by atoms with Crippen molar-refractivity contribution in [2.75, 3.05) is 0 Å². The maximum atomic E-state index is 11.1. The lowest BCUT2D eigenvalue weighted by Gasteiger charge is -2.04. The van der Waals surface area contributed by atoms with Crippen LogP contribution in [0.4, 0.5) is 5.69 Å². The van der Waals surface area contributed by atoms with E-state index in [-0.39, 0.29) is 5.78 Å². The zero-order valence-electron chi connectivity index (χ0n) is 8.77. The van der Waals surface area contributed by atoms with Crippen molar-refractivity contribution in [2.24, 2.45) is 4.99 Å².